The summed E-state index contributed by atoms with van der Waals surface area (Å²) in [6.07, 6.45) is 3.66. The fourth-order valence-electron chi connectivity index (χ4n) is 1.99. The third-order valence-corrected chi connectivity index (χ3v) is 3.38. The van der Waals surface area contributed by atoms with Crippen LogP contribution < -0.4 is 5.32 Å². The molecule has 0 fully saturated rings. The summed E-state index contributed by atoms with van der Waals surface area (Å²) >= 11 is 0. The van der Waals surface area contributed by atoms with Crippen molar-refractivity contribution >= 4 is 12.0 Å². The summed E-state index contributed by atoms with van der Waals surface area (Å²) in [6, 6.07) is -1.09. The number of nitrogens with zero attached hydrogens (tertiary/aromatic N) is 1. The van der Waals surface area contributed by atoms with Crippen molar-refractivity contribution in [1.82, 2.24) is 10.2 Å². The summed E-state index contributed by atoms with van der Waals surface area (Å²) in [5.74, 6) is -1.05. The van der Waals surface area contributed by atoms with Gasteiger partial charge in [0, 0.05) is 13.1 Å². The van der Waals surface area contributed by atoms with E-state index in [2.05, 4.69) is 11.4 Å². The Labute approximate surface area is 108 Å². The number of hydrogen-bond acceptors (Lipinski definition) is 2. The van der Waals surface area contributed by atoms with Crippen molar-refractivity contribution in [2.75, 3.05) is 13.1 Å². The zero-order chi connectivity index (χ0) is 13.7. The van der Waals surface area contributed by atoms with Crippen LogP contribution in [0.5, 0.6) is 0 Å². The van der Waals surface area contributed by atoms with E-state index in [1.165, 1.54) is 0 Å². The zero-order valence-electron chi connectivity index (χ0n) is 11.3. The minimum atomic E-state index is -0.970. The van der Waals surface area contributed by atoms with Crippen molar-refractivity contribution in [3.8, 4) is 0 Å². The van der Waals surface area contributed by atoms with Gasteiger partial charge in [-0.1, -0.05) is 31.9 Å². The van der Waals surface area contributed by atoms with Crippen molar-refractivity contribution in [3.05, 3.63) is 11.6 Å². The zero-order valence-corrected chi connectivity index (χ0v) is 11.3. The Kier molecular flexibility index (Phi) is 5.19. The molecule has 2 atom stereocenters. The van der Waals surface area contributed by atoms with E-state index in [1.54, 1.807) is 4.90 Å². The van der Waals surface area contributed by atoms with Crippen LogP contribution in [-0.4, -0.2) is 41.1 Å². The monoisotopic (exact) mass is 254 g/mol. The molecular weight excluding hydrogens is 232 g/mol. The first-order chi connectivity index (χ1) is 8.45. The molecule has 0 saturated heterocycles. The van der Waals surface area contributed by atoms with Crippen molar-refractivity contribution in [2.45, 2.75) is 39.7 Å². The highest BCUT2D eigenvalue weighted by Gasteiger charge is 2.27. The smallest absolute Gasteiger partial charge is 0.326 e. The van der Waals surface area contributed by atoms with Gasteiger partial charge in [-0.15, -0.1) is 0 Å². The Bertz CT molecular complexity index is 352. The van der Waals surface area contributed by atoms with Crippen LogP contribution in [0, 0.1) is 5.92 Å². The van der Waals surface area contributed by atoms with Crippen LogP contribution in [0.25, 0.3) is 0 Å². The van der Waals surface area contributed by atoms with Crippen LogP contribution in [0.1, 0.15) is 33.6 Å². The summed E-state index contributed by atoms with van der Waals surface area (Å²) in [6.45, 7) is 6.96. The quantitative estimate of drug-likeness (QED) is 0.752. The molecule has 0 spiro atoms. The normalized spacial score (nSPS) is 18.8. The molecule has 0 aromatic heterocycles. The van der Waals surface area contributed by atoms with Gasteiger partial charge in [0.25, 0.3) is 0 Å². The standard InChI is InChI=1S/C13H22N2O3/c1-4-10(3)11(12(16)17)14-13(18)15-7-5-6-9(2)8-15/h6,10-11H,4-5,7-8H2,1-3H3,(H,14,18)(H,16,17). The Morgan fingerprint density at radius 3 is 2.72 bits per heavy atom. The lowest BCUT2D eigenvalue weighted by Gasteiger charge is -2.29. The van der Waals surface area contributed by atoms with E-state index in [-0.39, 0.29) is 11.9 Å². The van der Waals surface area contributed by atoms with Crippen molar-refractivity contribution in [2.24, 2.45) is 5.92 Å². The highest BCUT2D eigenvalue weighted by molar-refractivity contribution is 5.83. The molecule has 1 aliphatic rings. The second kappa shape index (κ2) is 6.42. The van der Waals surface area contributed by atoms with Gasteiger partial charge in [0.1, 0.15) is 6.04 Å². The Hall–Kier alpha value is -1.52. The van der Waals surface area contributed by atoms with Crippen LogP contribution in [-0.2, 0) is 4.79 Å². The summed E-state index contributed by atoms with van der Waals surface area (Å²) in [5.41, 5.74) is 1.15. The minimum absolute atomic E-state index is 0.0760. The molecule has 102 valence electrons. The molecule has 2 unspecified atom stereocenters. The number of hydrogen-bond donors (Lipinski definition) is 2. The van der Waals surface area contributed by atoms with Gasteiger partial charge in [-0.05, 0) is 19.3 Å². The molecule has 5 nitrogen and oxygen atoms in total. The topological polar surface area (TPSA) is 69.6 Å². The lowest BCUT2D eigenvalue weighted by atomic mass is 9.99. The van der Waals surface area contributed by atoms with Crippen LogP contribution in [0.4, 0.5) is 4.79 Å². The molecule has 2 N–H and O–H groups in total. The fourth-order valence-corrected chi connectivity index (χ4v) is 1.99. The lowest BCUT2D eigenvalue weighted by Crippen LogP contribution is -2.51. The van der Waals surface area contributed by atoms with E-state index in [9.17, 15) is 9.59 Å². The minimum Gasteiger partial charge on any atom is -0.480 e. The number of carboxylic acid groups (broad SMARTS) is 1. The largest absolute Gasteiger partial charge is 0.480 e. The third kappa shape index (κ3) is 3.75. The lowest BCUT2D eigenvalue weighted by molar-refractivity contribution is -0.140. The number of amides is 2. The van der Waals surface area contributed by atoms with Crippen LogP contribution in [0.3, 0.4) is 0 Å². The summed E-state index contributed by atoms with van der Waals surface area (Å²) in [7, 11) is 0. The molecule has 2 amide bonds. The molecule has 1 aliphatic heterocycles. The summed E-state index contributed by atoms with van der Waals surface area (Å²) in [5, 5.41) is 11.7. The average molecular weight is 254 g/mol. The van der Waals surface area contributed by atoms with Crippen LogP contribution in [0.2, 0.25) is 0 Å². The maximum atomic E-state index is 12.0. The molecule has 1 rings (SSSR count). The fraction of sp³-hybridized carbons (Fsp3) is 0.692. The van der Waals surface area contributed by atoms with Crippen molar-refractivity contribution in [3.63, 3.8) is 0 Å². The van der Waals surface area contributed by atoms with Gasteiger partial charge in [0.05, 0.1) is 0 Å². The SMILES string of the molecule is CCC(C)C(NC(=O)N1CCC=C(C)C1)C(=O)O. The second-order valence-electron chi connectivity index (χ2n) is 4.91. The number of carbonyl (C=O) groups is 2. The molecule has 18 heavy (non-hydrogen) atoms. The van der Waals surface area contributed by atoms with Gasteiger partial charge in [0.2, 0.25) is 0 Å². The highest BCUT2D eigenvalue weighted by Crippen LogP contribution is 2.11. The maximum absolute atomic E-state index is 12.0. The van der Waals surface area contributed by atoms with Gasteiger partial charge >= 0.3 is 12.0 Å². The van der Waals surface area contributed by atoms with Gasteiger partial charge < -0.3 is 15.3 Å². The van der Waals surface area contributed by atoms with Gasteiger partial charge in [-0.2, -0.15) is 0 Å². The summed E-state index contributed by atoms with van der Waals surface area (Å²) < 4.78 is 0. The van der Waals surface area contributed by atoms with Crippen molar-refractivity contribution < 1.29 is 14.7 Å². The van der Waals surface area contributed by atoms with Crippen molar-refractivity contribution in [1.29, 1.82) is 0 Å². The van der Waals surface area contributed by atoms with Gasteiger partial charge in [0.15, 0.2) is 0 Å². The Morgan fingerprint density at radius 1 is 1.56 bits per heavy atom. The third-order valence-electron chi connectivity index (χ3n) is 3.38. The Balaban J connectivity index is 2.61. The Morgan fingerprint density at radius 2 is 2.22 bits per heavy atom. The highest BCUT2D eigenvalue weighted by atomic mass is 16.4. The number of rotatable bonds is 4. The molecule has 0 bridgehead atoms. The van der Waals surface area contributed by atoms with E-state index in [0.717, 1.165) is 18.4 Å². The maximum Gasteiger partial charge on any atom is 0.326 e. The molecule has 0 saturated carbocycles. The second-order valence-corrected chi connectivity index (χ2v) is 4.91. The molecule has 1 heterocycles. The summed E-state index contributed by atoms with van der Waals surface area (Å²) in [4.78, 5) is 24.8. The molecule has 0 aromatic rings. The first kappa shape index (κ1) is 14.5. The molecule has 0 aromatic carbocycles. The first-order valence-electron chi connectivity index (χ1n) is 6.39. The van der Waals surface area contributed by atoms with Gasteiger partial charge in [-0.25, -0.2) is 9.59 Å². The van der Waals surface area contributed by atoms with Crippen LogP contribution in [0.15, 0.2) is 11.6 Å². The van der Waals surface area contributed by atoms with E-state index in [0.29, 0.717) is 13.1 Å². The predicted octanol–water partition coefficient (Wildman–Crippen LogP) is 1.85. The molecule has 0 aliphatic carbocycles. The number of nitrogens with one attached hydrogen (secondary N) is 1. The first-order valence-corrected chi connectivity index (χ1v) is 6.39. The average Bonchev–Trinajstić information content (AvgIpc) is 2.34. The van der Waals surface area contributed by atoms with Gasteiger partial charge in [-0.3, -0.25) is 0 Å². The van der Waals surface area contributed by atoms with E-state index < -0.39 is 12.0 Å². The van der Waals surface area contributed by atoms with E-state index >= 15 is 0 Å². The number of carboxylic acids is 1. The molecule has 0 radical (unpaired) electrons. The number of carbonyl (C=O) groups excluding carboxylic acids is 1. The van der Waals surface area contributed by atoms with E-state index in [4.69, 9.17) is 5.11 Å². The predicted molar refractivity (Wildman–Crippen MR) is 69.4 cm³/mol. The molecular formula is C13H22N2O3. The molecule has 5 heteroatoms. The number of urea groups is 1. The number of aliphatic carboxylic acids is 1. The van der Waals surface area contributed by atoms with E-state index in [1.807, 2.05) is 20.8 Å². The van der Waals surface area contributed by atoms with Crippen LogP contribution >= 0.6 is 0 Å².